The molecule has 1 N–H and O–H groups in total. The number of aryl methyl sites for hydroxylation is 1. The van der Waals surface area contributed by atoms with Gasteiger partial charge >= 0.3 is 0 Å². The molecule has 0 radical (unpaired) electrons. The number of nitrogens with one attached hydrogen (secondary N) is 1. The van der Waals surface area contributed by atoms with E-state index < -0.39 is 0 Å². The number of anilines is 1. The van der Waals surface area contributed by atoms with Crippen LogP contribution in [-0.4, -0.2) is 15.5 Å². The number of rotatable bonds is 4. The number of aromatic nitrogens is 2. The predicted octanol–water partition coefficient (Wildman–Crippen LogP) is 4.07. The van der Waals surface area contributed by atoms with Crippen LogP contribution in [0.15, 0.2) is 71.8 Å². The van der Waals surface area contributed by atoms with E-state index in [1.807, 2.05) is 55.5 Å². The van der Waals surface area contributed by atoms with Gasteiger partial charge in [0.1, 0.15) is 11.4 Å². The van der Waals surface area contributed by atoms with Crippen molar-refractivity contribution in [2.75, 3.05) is 5.32 Å². The van der Waals surface area contributed by atoms with Crippen LogP contribution >= 0.6 is 11.3 Å². The molecule has 0 aliphatic heterocycles. The molecule has 0 aliphatic carbocycles. The highest BCUT2D eigenvalue weighted by molar-refractivity contribution is 7.19. The Kier molecular flexibility index (Phi) is 4.56. The van der Waals surface area contributed by atoms with Gasteiger partial charge in [-0.2, -0.15) is 0 Å². The number of thiophene rings is 1. The van der Waals surface area contributed by atoms with Gasteiger partial charge in [-0.25, -0.2) is 4.98 Å². The number of hydrogen-bond acceptors (Lipinski definition) is 4. The zero-order chi connectivity index (χ0) is 18.8. The molecule has 0 bridgehead atoms. The minimum atomic E-state index is -0.266. The molecule has 1 amide bonds. The molecule has 2 aromatic carbocycles. The fraction of sp³-hybridized carbons (Fsp3) is 0.0952. The normalized spacial score (nSPS) is 10.9. The van der Waals surface area contributed by atoms with E-state index in [1.165, 1.54) is 22.2 Å². The van der Waals surface area contributed by atoms with Crippen molar-refractivity contribution in [3.8, 4) is 11.1 Å². The summed E-state index contributed by atoms with van der Waals surface area (Å²) < 4.78 is 1.36. The molecule has 27 heavy (non-hydrogen) atoms. The summed E-state index contributed by atoms with van der Waals surface area (Å²) in [5.74, 6) is -0.266. The van der Waals surface area contributed by atoms with Crippen LogP contribution in [0.2, 0.25) is 0 Å². The lowest BCUT2D eigenvalue weighted by Crippen LogP contribution is -2.27. The highest BCUT2D eigenvalue weighted by atomic mass is 32.1. The lowest BCUT2D eigenvalue weighted by Gasteiger charge is -2.08. The van der Waals surface area contributed by atoms with Crippen LogP contribution in [0, 0.1) is 6.92 Å². The van der Waals surface area contributed by atoms with E-state index in [2.05, 4.69) is 10.3 Å². The maximum atomic E-state index is 13.1. The monoisotopic (exact) mass is 375 g/mol. The summed E-state index contributed by atoms with van der Waals surface area (Å²) in [5.41, 5.74) is 2.37. The SMILES string of the molecule is Cc1sc2ncn(CC(=O)Nc3ccccc3)c(=O)c2c1-c1ccccc1. The van der Waals surface area contributed by atoms with Crippen LogP contribution in [-0.2, 0) is 11.3 Å². The molecule has 0 atom stereocenters. The van der Waals surface area contributed by atoms with Gasteiger partial charge < -0.3 is 5.32 Å². The Labute approximate surface area is 159 Å². The summed E-state index contributed by atoms with van der Waals surface area (Å²) >= 11 is 1.49. The number of benzene rings is 2. The molecule has 6 heteroatoms. The molecule has 0 saturated heterocycles. The van der Waals surface area contributed by atoms with Crippen molar-refractivity contribution in [2.45, 2.75) is 13.5 Å². The molecule has 4 rings (SSSR count). The van der Waals surface area contributed by atoms with Gasteiger partial charge in [0, 0.05) is 16.1 Å². The van der Waals surface area contributed by atoms with Crippen molar-refractivity contribution < 1.29 is 4.79 Å². The lowest BCUT2D eigenvalue weighted by atomic mass is 10.0. The fourth-order valence-corrected chi connectivity index (χ4v) is 4.08. The van der Waals surface area contributed by atoms with E-state index in [0.717, 1.165) is 16.0 Å². The molecule has 0 saturated carbocycles. The van der Waals surface area contributed by atoms with Crippen molar-refractivity contribution in [3.63, 3.8) is 0 Å². The quantitative estimate of drug-likeness (QED) is 0.585. The van der Waals surface area contributed by atoms with Crippen LogP contribution in [0.5, 0.6) is 0 Å². The van der Waals surface area contributed by atoms with Crippen LogP contribution in [0.1, 0.15) is 4.88 Å². The molecule has 5 nitrogen and oxygen atoms in total. The first-order chi connectivity index (χ1) is 13.1. The fourth-order valence-electron chi connectivity index (χ4n) is 3.08. The van der Waals surface area contributed by atoms with Gasteiger partial charge in [-0.15, -0.1) is 11.3 Å². The van der Waals surface area contributed by atoms with Gasteiger partial charge in [0.2, 0.25) is 5.91 Å². The van der Waals surface area contributed by atoms with Gasteiger partial charge in [0.05, 0.1) is 11.7 Å². The summed E-state index contributed by atoms with van der Waals surface area (Å²) in [6.07, 6.45) is 1.44. The number of amides is 1. The Balaban J connectivity index is 1.72. The summed E-state index contributed by atoms with van der Waals surface area (Å²) in [5, 5.41) is 3.36. The highest BCUT2D eigenvalue weighted by Gasteiger charge is 2.17. The second-order valence-electron chi connectivity index (χ2n) is 6.17. The van der Waals surface area contributed by atoms with Gasteiger partial charge in [0.25, 0.3) is 5.56 Å². The van der Waals surface area contributed by atoms with Gasteiger partial charge in [0.15, 0.2) is 0 Å². The first-order valence-electron chi connectivity index (χ1n) is 8.52. The summed E-state index contributed by atoms with van der Waals surface area (Å²) in [4.78, 5) is 31.5. The molecule has 2 heterocycles. The standard InChI is InChI=1S/C21H17N3O2S/c1-14-18(15-8-4-2-5-9-15)19-20(27-14)22-13-24(21(19)26)12-17(25)23-16-10-6-3-7-11-16/h2-11,13H,12H2,1H3,(H,23,25). The van der Waals surface area contributed by atoms with E-state index >= 15 is 0 Å². The van der Waals surface area contributed by atoms with Crippen molar-refractivity contribution in [1.82, 2.24) is 9.55 Å². The highest BCUT2D eigenvalue weighted by Crippen LogP contribution is 2.35. The van der Waals surface area contributed by atoms with Gasteiger partial charge in [-0.05, 0) is 24.6 Å². The second kappa shape index (κ2) is 7.17. The largest absolute Gasteiger partial charge is 0.325 e. The predicted molar refractivity (Wildman–Crippen MR) is 109 cm³/mol. The first-order valence-corrected chi connectivity index (χ1v) is 9.34. The van der Waals surface area contributed by atoms with Crippen LogP contribution in [0.4, 0.5) is 5.69 Å². The third-order valence-electron chi connectivity index (χ3n) is 4.29. The van der Waals surface area contributed by atoms with Crippen molar-refractivity contribution in [3.05, 3.63) is 82.2 Å². The Morgan fingerprint density at radius 1 is 1.07 bits per heavy atom. The molecule has 0 aliphatic rings. The zero-order valence-corrected chi connectivity index (χ0v) is 15.5. The van der Waals surface area contributed by atoms with Crippen LogP contribution < -0.4 is 10.9 Å². The second-order valence-corrected chi connectivity index (χ2v) is 7.37. The van der Waals surface area contributed by atoms with E-state index in [-0.39, 0.29) is 18.0 Å². The third-order valence-corrected chi connectivity index (χ3v) is 5.30. The molecule has 4 aromatic rings. The molecule has 0 fully saturated rings. The summed E-state index contributed by atoms with van der Waals surface area (Å²) in [6.45, 7) is 1.90. The third kappa shape index (κ3) is 3.39. The van der Waals surface area contributed by atoms with Crippen LogP contribution in [0.25, 0.3) is 21.3 Å². The molecular weight excluding hydrogens is 358 g/mol. The average molecular weight is 375 g/mol. The lowest BCUT2D eigenvalue weighted by molar-refractivity contribution is -0.116. The average Bonchev–Trinajstić information content (AvgIpc) is 3.02. The van der Waals surface area contributed by atoms with Gasteiger partial charge in [-0.3, -0.25) is 14.2 Å². The molecular formula is C21H17N3O2S. The van der Waals surface area contributed by atoms with Crippen molar-refractivity contribution in [2.24, 2.45) is 0 Å². The van der Waals surface area contributed by atoms with E-state index in [4.69, 9.17) is 0 Å². The van der Waals surface area contributed by atoms with Gasteiger partial charge in [-0.1, -0.05) is 48.5 Å². The Bertz CT molecular complexity index is 1160. The van der Waals surface area contributed by atoms with E-state index in [1.54, 1.807) is 12.1 Å². The van der Waals surface area contributed by atoms with Crippen molar-refractivity contribution >= 4 is 33.1 Å². The molecule has 2 aromatic heterocycles. The Morgan fingerprint density at radius 2 is 1.74 bits per heavy atom. The number of hydrogen-bond donors (Lipinski definition) is 1. The minimum Gasteiger partial charge on any atom is -0.325 e. The Morgan fingerprint density at radius 3 is 2.44 bits per heavy atom. The van der Waals surface area contributed by atoms with E-state index in [9.17, 15) is 9.59 Å². The Hall–Kier alpha value is -3.25. The molecule has 134 valence electrons. The number of fused-ring (bicyclic) bond motifs is 1. The smallest absolute Gasteiger partial charge is 0.263 e. The van der Waals surface area contributed by atoms with Crippen molar-refractivity contribution in [1.29, 1.82) is 0 Å². The maximum Gasteiger partial charge on any atom is 0.263 e. The number of para-hydroxylation sites is 1. The first kappa shape index (κ1) is 17.2. The number of nitrogens with zero attached hydrogens (tertiary/aromatic N) is 2. The maximum absolute atomic E-state index is 13.1. The number of carbonyl (C=O) groups excluding carboxylic acids is 1. The topological polar surface area (TPSA) is 64.0 Å². The van der Waals surface area contributed by atoms with E-state index in [0.29, 0.717) is 15.9 Å². The number of carbonyl (C=O) groups is 1. The minimum absolute atomic E-state index is 0.0835. The zero-order valence-electron chi connectivity index (χ0n) is 14.7. The molecule has 0 unspecified atom stereocenters. The molecule has 0 spiro atoms. The summed E-state index contributed by atoms with van der Waals surface area (Å²) in [6, 6.07) is 19.0. The van der Waals surface area contributed by atoms with Crippen LogP contribution in [0.3, 0.4) is 0 Å². The summed E-state index contributed by atoms with van der Waals surface area (Å²) in [7, 11) is 0.